The van der Waals surface area contributed by atoms with Gasteiger partial charge < -0.3 is 9.47 Å². The largest absolute Gasteiger partial charge is 0.497 e. The van der Waals surface area contributed by atoms with Gasteiger partial charge in [-0.1, -0.05) is 18.7 Å². The fraction of sp³-hybridized carbons (Fsp3) is 0.278. The van der Waals surface area contributed by atoms with E-state index in [2.05, 4.69) is 22.1 Å². The van der Waals surface area contributed by atoms with E-state index in [9.17, 15) is 0 Å². The van der Waals surface area contributed by atoms with E-state index in [-0.39, 0.29) is 0 Å². The molecule has 0 aliphatic carbocycles. The van der Waals surface area contributed by atoms with E-state index in [4.69, 9.17) is 9.47 Å². The van der Waals surface area contributed by atoms with Crippen LogP contribution in [0.15, 0.2) is 55.3 Å². The van der Waals surface area contributed by atoms with Crippen LogP contribution in [0.5, 0.6) is 11.5 Å². The van der Waals surface area contributed by atoms with Crippen LogP contribution in [0.25, 0.3) is 0 Å². The number of hydrogen-bond donors (Lipinski definition) is 0. The van der Waals surface area contributed by atoms with Crippen LogP contribution in [0.1, 0.15) is 5.56 Å². The molecule has 0 saturated heterocycles. The first-order chi connectivity index (χ1) is 10.7. The van der Waals surface area contributed by atoms with Crippen molar-refractivity contribution in [1.82, 2.24) is 0 Å². The number of anilines is 1. The lowest BCUT2D eigenvalue weighted by Gasteiger charge is -2.19. The Bertz CT molecular complexity index is 641. The zero-order valence-corrected chi connectivity index (χ0v) is 13.5. The first kappa shape index (κ1) is 15.9. The summed E-state index contributed by atoms with van der Waals surface area (Å²) < 4.78 is 12.9. The molecule has 2 rings (SSSR count). The molecule has 0 atom stereocenters. The minimum absolute atomic E-state index is 0.713. The van der Waals surface area contributed by atoms with E-state index in [1.807, 2.05) is 49.7 Å². The molecule has 0 amide bonds. The quantitative estimate of drug-likeness (QED) is 0.581. The third-order valence-electron chi connectivity index (χ3n) is 3.55. The molecular weight excluding hydrogens is 276 g/mol. The van der Waals surface area contributed by atoms with Gasteiger partial charge in [0.1, 0.15) is 24.6 Å². The number of benzene rings is 1. The summed E-state index contributed by atoms with van der Waals surface area (Å²) in [5.41, 5.74) is 1.08. The lowest BCUT2D eigenvalue weighted by atomic mass is 10.1. The second-order valence-electron chi connectivity index (χ2n) is 5.02. The van der Waals surface area contributed by atoms with Gasteiger partial charge >= 0.3 is 0 Å². The highest BCUT2D eigenvalue weighted by molar-refractivity contribution is 5.44. The van der Waals surface area contributed by atoms with Gasteiger partial charge in [-0.3, -0.25) is 4.90 Å². The van der Waals surface area contributed by atoms with E-state index in [1.165, 1.54) is 0 Å². The Balaban J connectivity index is 2.36. The lowest BCUT2D eigenvalue weighted by Crippen LogP contribution is -2.38. The van der Waals surface area contributed by atoms with Crippen molar-refractivity contribution in [3.05, 3.63) is 60.8 Å². The molecular formula is C18H23N2O2+. The number of pyridine rings is 1. The first-order valence-corrected chi connectivity index (χ1v) is 7.21. The normalized spacial score (nSPS) is 10.1. The SMILES string of the molecule is C=CCN(Cc1cc(OC)ccc1OC)c1cccc[n+]1C. The minimum atomic E-state index is 0.713. The number of ether oxygens (including phenoxy) is 2. The number of hydrogen-bond acceptors (Lipinski definition) is 3. The zero-order chi connectivity index (χ0) is 15.9. The van der Waals surface area contributed by atoms with Crippen molar-refractivity contribution in [1.29, 1.82) is 0 Å². The van der Waals surface area contributed by atoms with Crippen molar-refractivity contribution < 1.29 is 14.0 Å². The van der Waals surface area contributed by atoms with E-state index < -0.39 is 0 Å². The number of aromatic nitrogens is 1. The summed E-state index contributed by atoms with van der Waals surface area (Å²) in [5.74, 6) is 2.80. The summed E-state index contributed by atoms with van der Waals surface area (Å²) in [4.78, 5) is 2.24. The predicted molar refractivity (Wildman–Crippen MR) is 88.4 cm³/mol. The van der Waals surface area contributed by atoms with Crippen LogP contribution in [0.3, 0.4) is 0 Å². The van der Waals surface area contributed by atoms with Crippen molar-refractivity contribution >= 4 is 5.82 Å². The van der Waals surface area contributed by atoms with Crippen LogP contribution in [-0.4, -0.2) is 20.8 Å². The summed E-state index contributed by atoms with van der Waals surface area (Å²) >= 11 is 0. The van der Waals surface area contributed by atoms with Gasteiger partial charge in [0, 0.05) is 11.6 Å². The Morgan fingerprint density at radius 2 is 2.00 bits per heavy atom. The number of methoxy groups -OCH3 is 2. The third-order valence-corrected chi connectivity index (χ3v) is 3.55. The van der Waals surface area contributed by atoms with E-state index in [0.29, 0.717) is 6.54 Å². The molecule has 0 fully saturated rings. The van der Waals surface area contributed by atoms with Gasteiger partial charge in [-0.2, -0.15) is 0 Å². The predicted octanol–water partition coefficient (Wildman–Crippen LogP) is 2.72. The summed E-state index contributed by atoms with van der Waals surface area (Å²) in [6, 6.07) is 12.0. The molecule has 0 spiro atoms. The van der Waals surface area contributed by atoms with Gasteiger partial charge in [0.05, 0.1) is 27.5 Å². The van der Waals surface area contributed by atoms with Crippen LogP contribution in [-0.2, 0) is 13.6 Å². The van der Waals surface area contributed by atoms with Gasteiger partial charge in [0.15, 0.2) is 0 Å². The zero-order valence-electron chi connectivity index (χ0n) is 13.5. The van der Waals surface area contributed by atoms with Crippen LogP contribution in [0.2, 0.25) is 0 Å². The smallest absolute Gasteiger partial charge is 0.276 e. The molecule has 4 heteroatoms. The van der Waals surface area contributed by atoms with Gasteiger partial charge in [0.25, 0.3) is 5.82 Å². The van der Waals surface area contributed by atoms with E-state index in [1.54, 1.807) is 14.2 Å². The molecule has 0 aliphatic rings. The molecule has 116 valence electrons. The summed E-state index contributed by atoms with van der Waals surface area (Å²) in [5, 5.41) is 0. The molecule has 0 aliphatic heterocycles. The van der Waals surface area contributed by atoms with Crippen molar-refractivity contribution in [3.63, 3.8) is 0 Å². The van der Waals surface area contributed by atoms with Crippen LogP contribution < -0.4 is 18.9 Å². The maximum atomic E-state index is 5.48. The standard InChI is InChI=1S/C18H23N2O2/c1-5-11-20(18-8-6-7-12-19(18)2)14-15-13-16(21-3)9-10-17(15)22-4/h5-10,12-13H,1,11,14H2,2-4H3/q+1. The number of rotatable bonds is 7. The molecule has 2 aromatic rings. The van der Waals surface area contributed by atoms with Crippen molar-refractivity contribution in [3.8, 4) is 11.5 Å². The van der Waals surface area contributed by atoms with Gasteiger partial charge in [-0.25, -0.2) is 4.57 Å². The fourth-order valence-electron chi connectivity index (χ4n) is 2.45. The van der Waals surface area contributed by atoms with Gasteiger partial charge in [-0.05, 0) is 24.3 Å². The maximum Gasteiger partial charge on any atom is 0.276 e. The summed E-state index contributed by atoms with van der Waals surface area (Å²) in [6.07, 6.45) is 3.94. The average molecular weight is 299 g/mol. The van der Waals surface area contributed by atoms with Crippen molar-refractivity contribution in [2.75, 3.05) is 25.7 Å². The highest BCUT2D eigenvalue weighted by atomic mass is 16.5. The molecule has 22 heavy (non-hydrogen) atoms. The lowest BCUT2D eigenvalue weighted by molar-refractivity contribution is -0.659. The average Bonchev–Trinajstić information content (AvgIpc) is 2.55. The van der Waals surface area contributed by atoms with Crippen LogP contribution in [0, 0.1) is 0 Å². The van der Waals surface area contributed by atoms with Gasteiger partial charge in [0.2, 0.25) is 0 Å². The van der Waals surface area contributed by atoms with Crippen molar-refractivity contribution in [2.45, 2.75) is 6.54 Å². The molecule has 1 aromatic carbocycles. The maximum absolute atomic E-state index is 5.48. The highest BCUT2D eigenvalue weighted by Gasteiger charge is 2.19. The highest BCUT2D eigenvalue weighted by Crippen LogP contribution is 2.26. The monoisotopic (exact) mass is 299 g/mol. The van der Waals surface area contributed by atoms with Gasteiger partial charge in [-0.15, -0.1) is 0 Å². The third kappa shape index (κ3) is 3.58. The molecule has 0 bridgehead atoms. The molecule has 0 N–H and O–H groups in total. The topological polar surface area (TPSA) is 25.6 Å². The van der Waals surface area contributed by atoms with E-state index >= 15 is 0 Å². The molecule has 1 heterocycles. The van der Waals surface area contributed by atoms with Crippen molar-refractivity contribution in [2.24, 2.45) is 7.05 Å². The molecule has 0 radical (unpaired) electrons. The molecule has 4 nitrogen and oxygen atoms in total. The second kappa shape index (κ2) is 7.50. The Hall–Kier alpha value is -2.49. The molecule has 1 aromatic heterocycles. The second-order valence-corrected chi connectivity index (χ2v) is 5.02. The Kier molecular flexibility index (Phi) is 5.42. The molecule has 0 unspecified atom stereocenters. The molecule has 0 saturated carbocycles. The summed E-state index contributed by atoms with van der Waals surface area (Å²) in [7, 11) is 5.39. The Labute approximate surface area is 132 Å². The van der Waals surface area contributed by atoms with Crippen LogP contribution in [0.4, 0.5) is 5.82 Å². The van der Waals surface area contributed by atoms with E-state index in [0.717, 1.165) is 29.4 Å². The summed E-state index contributed by atoms with van der Waals surface area (Å²) in [6.45, 7) is 5.33. The first-order valence-electron chi connectivity index (χ1n) is 7.21. The Morgan fingerprint density at radius 1 is 1.18 bits per heavy atom. The van der Waals surface area contributed by atoms with Crippen LogP contribution >= 0.6 is 0 Å². The number of nitrogens with zero attached hydrogens (tertiary/aromatic N) is 2. The fourth-order valence-corrected chi connectivity index (χ4v) is 2.45. The Morgan fingerprint density at radius 3 is 2.64 bits per heavy atom. The minimum Gasteiger partial charge on any atom is -0.497 e. The number of aryl methyl sites for hydroxylation is 1.